The van der Waals surface area contributed by atoms with Gasteiger partial charge in [-0.25, -0.2) is 0 Å². The third kappa shape index (κ3) is 6.92. The number of morpholine rings is 1. The van der Waals surface area contributed by atoms with Crippen molar-refractivity contribution in [2.75, 3.05) is 53.6 Å². The van der Waals surface area contributed by atoms with Crippen LogP contribution in [0.1, 0.15) is 19.4 Å². The van der Waals surface area contributed by atoms with Crippen LogP contribution in [0.3, 0.4) is 0 Å². The number of guanidine groups is 1. The maximum Gasteiger partial charge on any atom is 0.191 e. The number of halogens is 1. The highest BCUT2D eigenvalue weighted by atomic mass is 127. The predicted molar refractivity (Wildman–Crippen MR) is 118 cm³/mol. The molecule has 6 nitrogen and oxygen atoms in total. The van der Waals surface area contributed by atoms with Gasteiger partial charge in [0.1, 0.15) is 5.75 Å². The highest BCUT2D eigenvalue weighted by Crippen LogP contribution is 2.17. The molecular formula is C19H33IN4O2. The highest BCUT2D eigenvalue weighted by Gasteiger charge is 2.28. The SMILES string of the molecule is CN=C(NCCc1ccccc1OC)NCC(C)(C)N1CCOCC1.I. The molecule has 1 heterocycles. The molecule has 2 rings (SSSR count). The number of nitrogens with zero attached hydrogens (tertiary/aromatic N) is 2. The largest absolute Gasteiger partial charge is 0.496 e. The van der Waals surface area contributed by atoms with E-state index in [2.05, 4.69) is 40.4 Å². The normalized spacial score (nSPS) is 15.9. The zero-order chi connectivity index (χ0) is 18.1. The smallest absolute Gasteiger partial charge is 0.191 e. The molecule has 0 saturated carbocycles. The number of ether oxygens (including phenoxy) is 2. The summed E-state index contributed by atoms with van der Waals surface area (Å²) in [5, 5.41) is 6.83. The van der Waals surface area contributed by atoms with Crippen molar-refractivity contribution in [2.45, 2.75) is 25.8 Å². The fourth-order valence-electron chi connectivity index (χ4n) is 3.03. The molecule has 1 fully saturated rings. The number of hydrogen-bond acceptors (Lipinski definition) is 4. The fourth-order valence-corrected chi connectivity index (χ4v) is 3.03. The number of benzene rings is 1. The summed E-state index contributed by atoms with van der Waals surface area (Å²) in [6, 6.07) is 8.12. The first-order valence-corrected chi connectivity index (χ1v) is 8.96. The fraction of sp³-hybridized carbons (Fsp3) is 0.632. The summed E-state index contributed by atoms with van der Waals surface area (Å²) in [6.45, 7) is 9.74. The molecule has 148 valence electrons. The van der Waals surface area contributed by atoms with Crippen LogP contribution in [-0.4, -0.2) is 69.9 Å². The molecule has 0 bridgehead atoms. The van der Waals surface area contributed by atoms with Crippen LogP contribution in [0.5, 0.6) is 5.75 Å². The molecule has 1 aliphatic heterocycles. The Bertz CT molecular complexity index is 560. The van der Waals surface area contributed by atoms with Crippen molar-refractivity contribution in [2.24, 2.45) is 4.99 Å². The number of para-hydroxylation sites is 1. The van der Waals surface area contributed by atoms with E-state index in [1.165, 1.54) is 5.56 Å². The number of hydrogen-bond donors (Lipinski definition) is 2. The van der Waals surface area contributed by atoms with Gasteiger partial charge in [-0.05, 0) is 31.9 Å². The van der Waals surface area contributed by atoms with E-state index >= 15 is 0 Å². The van der Waals surface area contributed by atoms with E-state index in [0.29, 0.717) is 0 Å². The summed E-state index contributed by atoms with van der Waals surface area (Å²) < 4.78 is 10.8. The van der Waals surface area contributed by atoms with Crippen molar-refractivity contribution in [1.29, 1.82) is 0 Å². The Morgan fingerprint density at radius 3 is 2.58 bits per heavy atom. The second-order valence-electron chi connectivity index (χ2n) is 6.83. The minimum Gasteiger partial charge on any atom is -0.496 e. The van der Waals surface area contributed by atoms with Gasteiger partial charge in [0.15, 0.2) is 5.96 Å². The van der Waals surface area contributed by atoms with Crippen molar-refractivity contribution in [3.05, 3.63) is 29.8 Å². The van der Waals surface area contributed by atoms with Gasteiger partial charge in [-0.2, -0.15) is 0 Å². The van der Waals surface area contributed by atoms with Crippen LogP contribution < -0.4 is 15.4 Å². The van der Waals surface area contributed by atoms with Gasteiger partial charge in [-0.15, -0.1) is 24.0 Å². The first kappa shape index (κ1) is 23.0. The zero-order valence-corrected chi connectivity index (χ0v) is 18.7. The molecule has 1 aromatic rings. The van der Waals surface area contributed by atoms with Gasteiger partial charge in [0, 0.05) is 38.8 Å². The van der Waals surface area contributed by atoms with Crippen LogP contribution >= 0.6 is 24.0 Å². The highest BCUT2D eigenvalue weighted by molar-refractivity contribution is 14.0. The molecule has 0 spiro atoms. The Labute approximate surface area is 174 Å². The maximum atomic E-state index is 5.45. The second kappa shape index (κ2) is 11.6. The number of rotatable bonds is 7. The predicted octanol–water partition coefficient (Wildman–Crippen LogP) is 2.13. The first-order chi connectivity index (χ1) is 12.1. The summed E-state index contributed by atoms with van der Waals surface area (Å²) in [7, 11) is 3.51. The third-order valence-electron chi connectivity index (χ3n) is 4.66. The molecule has 0 aromatic heterocycles. The van der Waals surface area contributed by atoms with Crippen molar-refractivity contribution < 1.29 is 9.47 Å². The van der Waals surface area contributed by atoms with Gasteiger partial charge in [0.25, 0.3) is 0 Å². The Morgan fingerprint density at radius 1 is 1.23 bits per heavy atom. The average Bonchev–Trinajstić information content (AvgIpc) is 2.65. The molecule has 26 heavy (non-hydrogen) atoms. The van der Waals surface area contributed by atoms with Crippen molar-refractivity contribution in [3.63, 3.8) is 0 Å². The van der Waals surface area contributed by atoms with Gasteiger partial charge >= 0.3 is 0 Å². The minimum absolute atomic E-state index is 0. The van der Waals surface area contributed by atoms with Crippen LogP contribution in [0, 0.1) is 0 Å². The second-order valence-corrected chi connectivity index (χ2v) is 6.83. The Balaban J connectivity index is 0.00000338. The molecular weight excluding hydrogens is 443 g/mol. The van der Waals surface area contributed by atoms with Gasteiger partial charge in [-0.3, -0.25) is 9.89 Å². The van der Waals surface area contributed by atoms with Gasteiger partial charge in [-0.1, -0.05) is 18.2 Å². The molecule has 0 amide bonds. The quantitative estimate of drug-likeness (QED) is 0.359. The average molecular weight is 476 g/mol. The Kier molecular flexibility index (Phi) is 10.3. The lowest BCUT2D eigenvalue weighted by molar-refractivity contribution is -0.00833. The summed E-state index contributed by atoms with van der Waals surface area (Å²) >= 11 is 0. The lowest BCUT2D eigenvalue weighted by Gasteiger charge is -2.41. The van der Waals surface area contributed by atoms with E-state index in [1.807, 2.05) is 18.2 Å². The molecule has 1 aromatic carbocycles. The third-order valence-corrected chi connectivity index (χ3v) is 4.66. The molecule has 0 aliphatic carbocycles. The summed E-state index contributed by atoms with van der Waals surface area (Å²) in [6.07, 6.45) is 0.886. The van der Waals surface area contributed by atoms with Crippen LogP contribution in [0.25, 0.3) is 0 Å². The lowest BCUT2D eigenvalue weighted by Crippen LogP contribution is -2.56. The van der Waals surface area contributed by atoms with Crippen LogP contribution in [0.4, 0.5) is 0 Å². The molecule has 7 heteroatoms. The van der Waals surface area contributed by atoms with Crippen molar-refractivity contribution in [3.8, 4) is 5.75 Å². The Hall–Kier alpha value is -1.06. The standard InChI is InChI=1S/C19H32N4O2.HI/c1-19(2,23-11-13-25-14-12-23)15-22-18(20-3)21-10-9-16-7-5-6-8-17(16)24-4;/h5-8H,9-15H2,1-4H3,(H2,20,21,22);1H. The molecule has 1 saturated heterocycles. The van der Waals surface area contributed by atoms with Crippen molar-refractivity contribution in [1.82, 2.24) is 15.5 Å². The summed E-state index contributed by atoms with van der Waals surface area (Å²) in [5.41, 5.74) is 1.26. The minimum atomic E-state index is 0. The van der Waals surface area contributed by atoms with Gasteiger partial charge < -0.3 is 20.1 Å². The van der Waals surface area contributed by atoms with Crippen LogP contribution in [0.15, 0.2) is 29.3 Å². The van der Waals surface area contributed by atoms with Gasteiger partial charge in [0.2, 0.25) is 0 Å². The van der Waals surface area contributed by atoms with Gasteiger partial charge in [0.05, 0.1) is 20.3 Å². The zero-order valence-electron chi connectivity index (χ0n) is 16.4. The maximum absolute atomic E-state index is 5.45. The van der Waals surface area contributed by atoms with Crippen molar-refractivity contribution >= 4 is 29.9 Å². The molecule has 1 aliphatic rings. The molecule has 0 radical (unpaired) electrons. The first-order valence-electron chi connectivity index (χ1n) is 8.96. The topological polar surface area (TPSA) is 58.1 Å². The van der Waals surface area contributed by atoms with E-state index in [9.17, 15) is 0 Å². The van der Waals surface area contributed by atoms with Crippen LogP contribution in [0.2, 0.25) is 0 Å². The molecule has 2 N–H and O–H groups in total. The van der Waals surface area contributed by atoms with E-state index in [-0.39, 0.29) is 29.5 Å². The Morgan fingerprint density at radius 2 is 1.92 bits per heavy atom. The number of nitrogens with one attached hydrogen (secondary N) is 2. The number of aliphatic imine (C=N–C) groups is 1. The van der Waals surface area contributed by atoms with E-state index in [1.54, 1.807) is 14.2 Å². The lowest BCUT2D eigenvalue weighted by atomic mass is 10.0. The van der Waals surface area contributed by atoms with E-state index in [4.69, 9.17) is 9.47 Å². The molecule has 0 atom stereocenters. The monoisotopic (exact) mass is 476 g/mol. The van der Waals surface area contributed by atoms with E-state index < -0.39 is 0 Å². The van der Waals surface area contributed by atoms with E-state index in [0.717, 1.165) is 57.5 Å². The summed E-state index contributed by atoms with van der Waals surface area (Å²) in [4.78, 5) is 6.79. The van der Waals surface area contributed by atoms with Crippen LogP contribution in [-0.2, 0) is 11.2 Å². The number of methoxy groups -OCH3 is 1. The molecule has 0 unspecified atom stereocenters. The summed E-state index contributed by atoms with van der Waals surface area (Å²) in [5.74, 6) is 1.76.